The van der Waals surface area contributed by atoms with Crippen LogP contribution in [0.15, 0.2) is 34.5 Å². The number of rotatable bonds is 4. The van der Waals surface area contributed by atoms with Gasteiger partial charge in [-0.2, -0.15) is 10.2 Å². The third-order valence-corrected chi connectivity index (χ3v) is 6.37. The number of hydrogen-bond donors (Lipinski definition) is 0. The second kappa shape index (κ2) is 8.75. The van der Waals surface area contributed by atoms with Crippen LogP contribution in [0.2, 0.25) is 0 Å². The Labute approximate surface area is 206 Å². The zero-order valence-electron chi connectivity index (χ0n) is 23.2. The number of benzene rings is 2. The van der Waals surface area contributed by atoms with E-state index in [2.05, 4.69) is 89.9 Å². The van der Waals surface area contributed by atoms with Crippen LogP contribution in [0.5, 0.6) is 11.5 Å². The first-order chi connectivity index (χ1) is 15.5. The maximum Gasteiger partial charge on any atom is 0.140 e. The summed E-state index contributed by atoms with van der Waals surface area (Å²) in [6.07, 6.45) is 3.82. The van der Waals surface area contributed by atoms with E-state index in [0.29, 0.717) is 0 Å². The zero-order valence-corrected chi connectivity index (χ0v) is 23.2. The molecule has 1 aliphatic heterocycles. The van der Waals surface area contributed by atoms with Crippen molar-refractivity contribution in [1.29, 1.82) is 0 Å². The molecule has 5 nitrogen and oxygen atoms in total. The van der Waals surface area contributed by atoms with E-state index in [1.54, 1.807) is 0 Å². The molecule has 0 atom stereocenters. The van der Waals surface area contributed by atoms with E-state index in [0.717, 1.165) is 22.6 Å². The highest BCUT2D eigenvalue weighted by atomic mass is 16.5. The van der Waals surface area contributed by atoms with Gasteiger partial charge < -0.3 is 14.8 Å². The van der Waals surface area contributed by atoms with Gasteiger partial charge in [-0.05, 0) is 34.1 Å². The van der Waals surface area contributed by atoms with Gasteiger partial charge in [-0.15, -0.1) is 0 Å². The third-order valence-electron chi connectivity index (χ3n) is 6.37. The molecule has 184 valence electrons. The molecule has 0 saturated heterocycles. The van der Waals surface area contributed by atoms with E-state index in [4.69, 9.17) is 4.74 Å². The van der Waals surface area contributed by atoms with Gasteiger partial charge in [0.05, 0.1) is 12.4 Å². The lowest BCUT2D eigenvalue weighted by atomic mass is 9.71. The summed E-state index contributed by atoms with van der Waals surface area (Å²) in [6.45, 7) is 18.1. The molecule has 0 fully saturated rings. The molecule has 0 N–H and O–H groups in total. The molecule has 2 aromatic carbocycles. The standard InChI is InChI=1S/C29H42N4O/c1-27(2,3)21-13-19(17-30-32(9)10)25-23(15-21)29(7,8)24-16-22(28(4,5)6)14-20(26(24)34-25)18-31-33(11)12/h13-18H,1-12H3/b30-17+,31-18+. The first kappa shape index (κ1) is 25.8. The van der Waals surface area contributed by atoms with E-state index in [1.807, 2.05) is 50.6 Å². The molecular weight excluding hydrogens is 420 g/mol. The summed E-state index contributed by atoms with van der Waals surface area (Å²) in [6, 6.07) is 9.07. The van der Waals surface area contributed by atoms with E-state index < -0.39 is 0 Å². The second-order valence-electron chi connectivity index (χ2n) is 12.3. The molecule has 0 saturated carbocycles. The lowest BCUT2D eigenvalue weighted by Crippen LogP contribution is -2.28. The monoisotopic (exact) mass is 462 g/mol. The quantitative estimate of drug-likeness (QED) is 0.384. The van der Waals surface area contributed by atoms with Crippen LogP contribution in [0.3, 0.4) is 0 Å². The average molecular weight is 463 g/mol. The highest BCUT2D eigenvalue weighted by Gasteiger charge is 2.38. The Morgan fingerprint density at radius 1 is 0.676 bits per heavy atom. The highest BCUT2D eigenvalue weighted by molar-refractivity contribution is 5.89. The smallest absolute Gasteiger partial charge is 0.140 e. The van der Waals surface area contributed by atoms with Gasteiger partial charge in [0.2, 0.25) is 0 Å². The predicted molar refractivity (Wildman–Crippen MR) is 145 cm³/mol. The van der Waals surface area contributed by atoms with Crippen molar-refractivity contribution in [2.24, 2.45) is 10.2 Å². The fourth-order valence-corrected chi connectivity index (χ4v) is 4.12. The zero-order chi connectivity index (χ0) is 25.6. The first-order valence-electron chi connectivity index (χ1n) is 12.0. The van der Waals surface area contributed by atoms with Crippen molar-refractivity contribution < 1.29 is 4.74 Å². The van der Waals surface area contributed by atoms with Crippen LogP contribution in [-0.2, 0) is 16.2 Å². The summed E-state index contributed by atoms with van der Waals surface area (Å²) in [5.41, 5.74) is 6.65. The van der Waals surface area contributed by atoms with Crippen LogP contribution in [0.25, 0.3) is 0 Å². The number of fused-ring (bicyclic) bond motifs is 2. The third kappa shape index (κ3) is 5.13. The van der Waals surface area contributed by atoms with Gasteiger partial charge >= 0.3 is 0 Å². The fourth-order valence-electron chi connectivity index (χ4n) is 4.12. The Morgan fingerprint density at radius 2 is 1.03 bits per heavy atom. The highest BCUT2D eigenvalue weighted by Crippen LogP contribution is 2.52. The molecule has 1 aliphatic rings. The molecule has 0 aliphatic carbocycles. The maximum absolute atomic E-state index is 6.76. The summed E-state index contributed by atoms with van der Waals surface area (Å²) < 4.78 is 6.76. The lowest BCUT2D eigenvalue weighted by Gasteiger charge is -2.38. The summed E-state index contributed by atoms with van der Waals surface area (Å²) in [5.74, 6) is 1.75. The minimum atomic E-state index is -0.257. The van der Waals surface area contributed by atoms with Crippen molar-refractivity contribution in [2.75, 3.05) is 28.2 Å². The van der Waals surface area contributed by atoms with Crippen molar-refractivity contribution in [3.8, 4) is 11.5 Å². The maximum atomic E-state index is 6.76. The Balaban J connectivity index is 2.36. The number of hydrazone groups is 2. The lowest BCUT2D eigenvalue weighted by molar-refractivity contribution is 0.411. The van der Waals surface area contributed by atoms with Crippen molar-refractivity contribution in [3.05, 3.63) is 57.6 Å². The minimum Gasteiger partial charge on any atom is -0.455 e. The Hall–Kier alpha value is -2.82. The number of hydrogen-bond acceptors (Lipinski definition) is 5. The van der Waals surface area contributed by atoms with Crippen molar-refractivity contribution >= 4 is 12.4 Å². The van der Waals surface area contributed by atoms with Gasteiger partial charge in [0.15, 0.2) is 0 Å². The molecule has 5 heteroatoms. The Bertz CT molecular complexity index is 1040. The number of nitrogens with zero attached hydrogens (tertiary/aromatic N) is 4. The molecule has 2 aromatic rings. The molecule has 3 rings (SSSR count). The normalized spacial score (nSPS) is 15.3. The van der Waals surface area contributed by atoms with Crippen LogP contribution < -0.4 is 4.74 Å². The van der Waals surface area contributed by atoms with Gasteiger partial charge in [0.25, 0.3) is 0 Å². The first-order valence-corrected chi connectivity index (χ1v) is 12.0. The summed E-state index contributed by atoms with van der Waals surface area (Å²) in [7, 11) is 7.72. The summed E-state index contributed by atoms with van der Waals surface area (Å²) >= 11 is 0. The van der Waals surface area contributed by atoms with Crippen LogP contribution >= 0.6 is 0 Å². The van der Waals surface area contributed by atoms with E-state index >= 15 is 0 Å². The number of ether oxygens (including phenoxy) is 1. The Morgan fingerprint density at radius 3 is 1.32 bits per heavy atom. The fraction of sp³-hybridized carbons (Fsp3) is 0.517. The van der Waals surface area contributed by atoms with E-state index in [-0.39, 0.29) is 16.2 Å². The van der Waals surface area contributed by atoms with Gasteiger partial charge in [-0.3, -0.25) is 0 Å². The molecule has 0 spiro atoms. The Kier molecular flexibility index (Phi) is 6.64. The van der Waals surface area contributed by atoms with Crippen molar-refractivity contribution in [3.63, 3.8) is 0 Å². The predicted octanol–water partition coefficient (Wildman–Crippen LogP) is 6.50. The molecule has 0 radical (unpaired) electrons. The van der Waals surface area contributed by atoms with Crippen LogP contribution in [0.4, 0.5) is 0 Å². The minimum absolute atomic E-state index is 0.00286. The van der Waals surface area contributed by atoms with Crippen molar-refractivity contribution in [1.82, 2.24) is 10.0 Å². The van der Waals surface area contributed by atoms with Crippen molar-refractivity contribution in [2.45, 2.75) is 71.6 Å². The van der Waals surface area contributed by atoms with Crippen LogP contribution in [0.1, 0.15) is 88.8 Å². The largest absolute Gasteiger partial charge is 0.455 e. The second-order valence-corrected chi connectivity index (χ2v) is 12.3. The molecule has 0 amide bonds. The summed E-state index contributed by atoms with van der Waals surface area (Å²) in [4.78, 5) is 0. The van der Waals surface area contributed by atoms with E-state index in [9.17, 15) is 0 Å². The molecule has 34 heavy (non-hydrogen) atoms. The molecular formula is C29H42N4O. The SMILES string of the molecule is CN(C)/N=C/c1cc(C(C)(C)C)cc2c1Oc1c(/C=N/N(C)C)cc(C(C)(C)C)cc1C2(C)C. The van der Waals surface area contributed by atoms with Gasteiger partial charge in [0.1, 0.15) is 11.5 Å². The molecule has 0 unspecified atom stereocenters. The average Bonchev–Trinajstić information content (AvgIpc) is 2.69. The molecule has 0 bridgehead atoms. The molecule has 0 aromatic heterocycles. The molecule has 1 heterocycles. The van der Waals surface area contributed by atoms with Crippen LogP contribution in [-0.4, -0.2) is 50.6 Å². The van der Waals surface area contributed by atoms with Crippen LogP contribution in [0, 0.1) is 0 Å². The van der Waals surface area contributed by atoms with Gasteiger partial charge in [0, 0.05) is 55.9 Å². The van der Waals surface area contributed by atoms with E-state index in [1.165, 1.54) is 22.3 Å². The topological polar surface area (TPSA) is 40.4 Å². The van der Waals surface area contributed by atoms with Gasteiger partial charge in [-0.1, -0.05) is 67.5 Å². The summed E-state index contributed by atoms with van der Waals surface area (Å²) in [5, 5.41) is 12.7. The van der Waals surface area contributed by atoms with Gasteiger partial charge in [-0.25, -0.2) is 0 Å².